The van der Waals surface area contributed by atoms with Crippen molar-refractivity contribution in [2.24, 2.45) is 0 Å². The number of hydrogen-bond donors (Lipinski definition) is 2. The Morgan fingerprint density at radius 3 is 2.53 bits per heavy atom. The number of rotatable bonds is 4. The Balaban J connectivity index is 1.99. The Morgan fingerprint density at radius 2 is 1.89 bits per heavy atom. The number of nitrogens with one attached hydrogen (secondary N) is 1. The highest BCUT2D eigenvalue weighted by Gasteiger charge is 2.28. The van der Waals surface area contributed by atoms with E-state index in [0.29, 0.717) is 12.5 Å². The summed E-state index contributed by atoms with van der Waals surface area (Å²) in [6.07, 6.45) is 6.09. The van der Waals surface area contributed by atoms with Gasteiger partial charge in [0.15, 0.2) is 0 Å². The van der Waals surface area contributed by atoms with E-state index < -0.39 is 5.60 Å². The van der Waals surface area contributed by atoms with E-state index in [-0.39, 0.29) is 11.3 Å². The van der Waals surface area contributed by atoms with Crippen molar-refractivity contribution < 1.29 is 9.84 Å². The molecule has 7 heteroatoms. The minimum absolute atomic E-state index is 0.0715. The van der Waals surface area contributed by atoms with Crippen molar-refractivity contribution >= 4 is 17.5 Å². The van der Waals surface area contributed by atoms with Gasteiger partial charge in [0.2, 0.25) is 11.2 Å². The van der Waals surface area contributed by atoms with Gasteiger partial charge in [-0.3, -0.25) is 0 Å². The lowest BCUT2D eigenvalue weighted by molar-refractivity contribution is 0.0379. The Kier molecular flexibility index (Phi) is 4.76. The first-order valence-electron chi connectivity index (χ1n) is 6.53. The van der Waals surface area contributed by atoms with Gasteiger partial charge in [0.05, 0.1) is 12.7 Å². The Hall–Kier alpha value is -1.14. The van der Waals surface area contributed by atoms with Crippen molar-refractivity contribution in [3.8, 4) is 6.01 Å². The number of aliphatic hydroxyl groups is 1. The van der Waals surface area contributed by atoms with Crippen LogP contribution >= 0.6 is 11.6 Å². The number of methoxy groups -OCH3 is 1. The van der Waals surface area contributed by atoms with Crippen LogP contribution < -0.4 is 10.1 Å². The van der Waals surface area contributed by atoms with Crippen LogP contribution in [0.4, 0.5) is 5.95 Å². The van der Waals surface area contributed by atoms with E-state index in [2.05, 4.69) is 20.3 Å². The molecule has 0 unspecified atom stereocenters. The fourth-order valence-electron chi connectivity index (χ4n) is 2.31. The molecule has 0 spiro atoms. The van der Waals surface area contributed by atoms with Crippen LogP contribution in [0.1, 0.15) is 38.5 Å². The molecule has 0 amide bonds. The molecule has 0 saturated heterocycles. The molecule has 1 aromatic rings. The minimum atomic E-state index is -0.692. The topological polar surface area (TPSA) is 80.2 Å². The molecule has 2 rings (SSSR count). The Bertz CT molecular complexity index is 422. The first-order valence-corrected chi connectivity index (χ1v) is 6.91. The summed E-state index contributed by atoms with van der Waals surface area (Å²) < 4.78 is 4.92. The summed E-state index contributed by atoms with van der Waals surface area (Å²) >= 11 is 5.77. The molecular formula is C12H19ClN4O2. The van der Waals surface area contributed by atoms with Crippen LogP contribution in [0.25, 0.3) is 0 Å². The maximum atomic E-state index is 10.5. The van der Waals surface area contributed by atoms with E-state index in [1.54, 1.807) is 0 Å². The third-order valence-electron chi connectivity index (χ3n) is 3.38. The van der Waals surface area contributed by atoms with E-state index in [1.165, 1.54) is 20.0 Å². The summed E-state index contributed by atoms with van der Waals surface area (Å²) in [6, 6.07) is 0.162. The second kappa shape index (κ2) is 6.34. The first kappa shape index (κ1) is 14.3. The normalized spacial score (nSPS) is 18.7. The molecule has 6 nitrogen and oxygen atoms in total. The standard InChI is InChI=1S/C12H19ClN4O2/c1-19-11-16-9(13)15-10(17-11)14-8-12(18)6-4-2-3-5-7-12/h18H,2-8H2,1H3,(H,14,15,16,17). The van der Waals surface area contributed by atoms with Gasteiger partial charge in [-0.05, 0) is 24.4 Å². The Morgan fingerprint density at radius 1 is 1.21 bits per heavy atom. The van der Waals surface area contributed by atoms with Crippen LogP contribution in [-0.4, -0.2) is 39.3 Å². The van der Waals surface area contributed by atoms with Gasteiger partial charge in [0.1, 0.15) is 0 Å². The largest absolute Gasteiger partial charge is 0.467 e. The highest BCUT2D eigenvalue weighted by molar-refractivity contribution is 6.28. The molecule has 106 valence electrons. The Labute approximate surface area is 117 Å². The third kappa shape index (κ3) is 4.18. The molecule has 0 aliphatic heterocycles. The molecule has 1 fully saturated rings. The van der Waals surface area contributed by atoms with Gasteiger partial charge in [-0.25, -0.2) is 0 Å². The van der Waals surface area contributed by atoms with Gasteiger partial charge < -0.3 is 15.2 Å². The molecule has 0 aromatic carbocycles. The van der Waals surface area contributed by atoms with E-state index in [0.717, 1.165) is 25.7 Å². The molecule has 1 saturated carbocycles. The van der Waals surface area contributed by atoms with Crippen molar-refractivity contribution in [2.45, 2.75) is 44.1 Å². The van der Waals surface area contributed by atoms with Gasteiger partial charge in [0.25, 0.3) is 0 Å². The van der Waals surface area contributed by atoms with E-state index in [1.807, 2.05) is 0 Å². The van der Waals surface area contributed by atoms with Crippen molar-refractivity contribution in [3.63, 3.8) is 0 Å². The monoisotopic (exact) mass is 286 g/mol. The maximum absolute atomic E-state index is 10.5. The van der Waals surface area contributed by atoms with Crippen molar-refractivity contribution in [2.75, 3.05) is 19.0 Å². The van der Waals surface area contributed by atoms with Crippen LogP contribution in [0, 0.1) is 0 Å². The number of hydrogen-bond acceptors (Lipinski definition) is 6. The van der Waals surface area contributed by atoms with E-state index >= 15 is 0 Å². The zero-order valence-corrected chi connectivity index (χ0v) is 11.8. The highest BCUT2D eigenvalue weighted by atomic mass is 35.5. The minimum Gasteiger partial charge on any atom is -0.467 e. The third-order valence-corrected chi connectivity index (χ3v) is 3.55. The van der Waals surface area contributed by atoms with Gasteiger partial charge in [-0.15, -0.1) is 0 Å². The zero-order valence-electron chi connectivity index (χ0n) is 11.0. The lowest BCUT2D eigenvalue weighted by Gasteiger charge is -2.26. The van der Waals surface area contributed by atoms with Crippen LogP contribution in [0.3, 0.4) is 0 Å². The SMILES string of the molecule is COc1nc(Cl)nc(NCC2(O)CCCCCC2)n1. The quantitative estimate of drug-likeness (QED) is 0.825. The average Bonchev–Trinajstić information content (AvgIpc) is 2.61. The van der Waals surface area contributed by atoms with Crippen molar-refractivity contribution in [3.05, 3.63) is 5.28 Å². The molecule has 0 radical (unpaired) electrons. The van der Waals surface area contributed by atoms with E-state index in [4.69, 9.17) is 16.3 Å². The molecule has 1 aromatic heterocycles. The van der Waals surface area contributed by atoms with E-state index in [9.17, 15) is 5.11 Å². The molecule has 2 N–H and O–H groups in total. The zero-order chi connectivity index (χ0) is 13.7. The number of anilines is 1. The van der Waals surface area contributed by atoms with Gasteiger partial charge in [0, 0.05) is 6.54 Å². The summed E-state index contributed by atoms with van der Waals surface area (Å²) in [5.41, 5.74) is -0.692. The number of aromatic nitrogens is 3. The molecule has 19 heavy (non-hydrogen) atoms. The van der Waals surface area contributed by atoms with Gasteiger partial charge in [-0.1, -0.05) is 25.7 Å². The maximum Gasteiger partial charge on any atom is 0.322 e. The van der Waals surface area contributed by atoms with Crippen LogP contribution in [-0.2, 0) is 0 Å². The van der Waals surface area contributed by atoms with Crippen LogP contribution in [0.15, 0.2) is 0 Å². The summed E-state index contributed by atoms with van der Waals surface area (Å²) in [4.78, 5) is 11.8. The fourth-order valence-corrected chi connectivity index (χ4v) is 2.46. The molecule has 1 heterocycles. The molecule has 1 aliphatic carbocycles. The van der Waals surface area contributed by atoms with Crippen molar-refractivity contribution in [1.82, 2.24) is 15.0 Å². The number of halogens is 1. The summed E-state index contributed by atoms with van der Waals surface area (Å²) in [5, 5.41) is 13.6. The smallest absolute Gasteiger partial charge is 0.322 e. The lowest BCUT2D eigenvalue weighted by atomic mass is 9.95. The van der Waals surface area contributed by atoms with Gasteiger partial charge >= 0.3 is 6.01 Å². The highest BCUT2D eigenvalue weighted by Crippen LogP contribution is 2.27. The first-order chi connectivity index (χ1) is 9.11. The summed E-state index contributed by atoms with van der Waals surface area (Å²) in [5.74, 6) is 0.328. The predicted octanol–water partition coefficient (Wildman–Crippen LogP) is 2.03. The summed E-state index contributed by atoms with van der Waals surface area (Å²) in [6.45, 7) is 0.413. The average molecular weight is 287 g/mol. The second-order valence-corrected chi connectivity index (χ2v) is 5.24. The second-order valence-electron chi connectivity index (χ2n) is 4.91. The molecule has 0 bridgehead atoms. The number of nitrogens with zero attached hydrogens (tertiary/aromatic N) is 3. The fraction of sp³-hybridized carbons (Fsp3) is 0.750. The molecule has 1 aliphatic rings. The van der Waals surface area contributed by atoms with Crippen LogP contribution in [0.2, 0.25) is 5.28 Å². The number of ether oxygens (including phenoxy) is 1. The molecular weight excluding hydrogens is 268 g/mol. The predicted molar refractivity (Wildman–Crippen MR) is 72.5 cm³/mol. The lowest BCUT2D eigenvalue weighted by Crippen LogP contribution is -2.36. The van der Waals surface area contributed by atoms with Gasteiger partial charge in [-0.2, -0.15) is 15.0 Å². The molecule has 0 atom stereocenters. The summed E-state index contributed by atoms with van der Waals surface area (Å²) in [7, 11) is 1.47. The van der Waals surface area contributed by atoms with Crippen LogP contribution in [0.5, 0.6) is 6.01 Å². The van der Waals surface area contributed by atoms with Crippen molar-refractivity contribution in [1.29, 1.82) is 0 Å².